The summed E-state index contributed by atoms with van der Waals surface area (Å²) in [5, 5.41) is 12.5. The number of aromatic hydroxyl groups is 1. The number of phenols is 1. The summed E-state index contributed by atoms with van der Waals surface area (Å²) in [6.45, 7) is 5.04. The van der Waals surface area contributed by atoms with Crippen LogP contribution >= 0.6 is 0 Å². The van der Waals surface area contributed by atoms with Crippen LogP contribution in [0.25, 0.3) is 0 Å². The third-order valence-electron chi connectivity index (χ3n) is 4.34. The van der Waals surface area contributed by atoms with Gasteiger partial charge >= 0.3 is 5.97 Å². The molecule has 0 atom stereocenters. The minimum Gasteiger partial charge on any atom is -0.506 e. The Morgan fingerprint density at radius 3 is 2.52 bits per heavy atom. The molecule has 29 heavy (non-hydrogen) atoms. The second kappa shape index (κ2) is 9.10. The molecule has 0 radical (unpaired) electrons. The van der Waals surface area contributed by atoms with Gasteiger partial charge in [-0.2, -0.15) is 0 Å². The van der Waals surface area contributed by atoms with Crippen molar-refractivity contribution in [2.24, 2.45) is 0 Å². The Bertz CT molecular complexity index is 1030. The summed E-state index contributed by atoms with van der Waals surface area (Å²) < 4.78 is 34.0. The van der Waals surface area contributed by atoms with Crippen molar-refractivity contribution in [3.05, 3.63) is 40.7 Å². The summed E-state index contributed by atoms with van der Waals surface area (Å²) in [7, 11) is -2.03. The molecule has 9 nitrogen and oxygen atoms in total. The number of aromatic amines is 1. The molecule has 0 unspecified atom stereocenters. The average molecular weight is 424 g/mol. The number of ether oxygens (including phenoxy) is 2. The Hall–Kier alpha value is -2.85. The Labute approximate surface area is 169 Å². The highest BCUT2D eigenvalue weighted by atomic mass is 32.2. The summed E-state index contributed by atoms with van der Waals surface area (Å²) in [4.78, 5) is 27.8. The van der Waals surface area contributed by atoms with Crippen LogP contribution in [0.3, 0.4) is 0 Å². The average Bonchev–Trinajstić information content (AvgIpc) is 2.97. The zero-order valence-electron chi connectivity index (χ0n) is 16.7. The van der Waals surface area contributed by atoms with Crippen LogP contribution in [0, 0.1) is 13.8 Å². The third-order valence-corrected chi connectivity index (χ3v) is 6.08. The van der Waals surface area contributed by atoms with Crippen molar-refractivity contribution in [2.75, 3.05) is 31.4 Å². The van der Waals surface area contributed by atoms with E-state index < -0.39 is 21.7 Å². The van der Waals surface area contributed by atoms with E-state index in [1.165, 1.54) is 32.2 Å². The molecule has 0 aliphatic heterocycles. The summed E-state index contributed by atoms with van der Waals surface area (Å²) >= 11 is 0. The number of H-pyrrole nitrogens is 1. The third kappa shape index (κ3) is 4.96. The highest BCUT2D eigenvalue weighted by Gasteiger charge is 2.24. The van der Waals surface area contributed by atoms with Crippen LogP contribution in [0.2, 0.25) is 0 Å². The van der Waals surface area contributed by atoms with Crippen molar-refractivity contribution < 1.29 is 32.6 Å². The molecule has 0 aliphatic carbocycles. The second-order valence-corrected chi connectivity index (χ2v) is 8.57. The normalized spacial score (nSPS) is 11.3. The number of benzene rings is 1. The molecular weight excluding hydrogens is 400 g/mol. The number of anilines is 1. The number of aromatic nitrogens is 1. The maximum Gasteiger partial charge on any atom is 0.340 e. The number of esters is 1. The summed E-state index contributed by atoms with van der Waals surface area (Å²) in [5.41, 5.74) is 1.10. The van der Waals surface area contributed by atoms with E-state index in [1.54, 1.807) is 13.8 Å². The van der Waals surface area contributed by atoms with Crippen LogP contribution in [-0.2, 0) is 19.3 Å². The number of carbonyl (C=O) groups excluding carboxylic acids is 2. The molecule has 158 valence electrons. The number of phenolic OH excluding ortho intramolecular Hbond substituents is 1. The fraction of sp³-hybridized carbons (Fsp3) is 0.368. The first-order chi connectivity index (χ1) is 13.6. The van der Waals surface area contributed by atoms with Crippen LogP contribution < -0.4 is 5.32 Å². The highest BCUT2D eigenvalue weighted by Crippen LogP contribution is 2.28. The van der Waals surface area contributed by atoms with Gasteiger partial charge in [-0.1, -0.05) is 6.92 Å². The first kappa shape index (κ1) is 22.4. The lowest BCUT2D eigenvalue weighted by Gasteiger charge is -2.10. The molecule has 1 aromatic heterocycles. The van der Waals surface area contributed by atoms with E-state index in [0.29, 0.717) is 11.3 Å². The molecule has 0 spiro atoms. The summed E-state index contributed by atoms with van der Waals surface area (Å²) in [5.74, 6) is -1.63. The van der Waals surface area contributed by atoms with Gasteiger partial charge in [-0.25, -0.2) is 13.2 Å². The first-order valence-electron chi connectivity index (χ1n) is 8.84. The molecule has 2 rings (SSSR count). The Kier molecular flexibility index (Phi) is 7.04. The molecule has 1 aromatic carbocycles. The predicted molar refractivity (Wildman–Crippen MR) is 106 cm³/mol. The van der Waals surface area contributed by atoms with Gasteiger partial charge in [0.05, 0.1) is 28.5 Å². The maximum atomic E-state index is 12.7. The molecule has 0 aliphatic rings. The van der Waals surface area contributed by atoms with Crippen molar-refractivity contribution in [1.29, 1.82) is 0 Å². The van der Waals surface area contributed by atoms with Gasteiger partial charge in [0.15, 0.2) is 9.84 Å². The van der Waals surface area contributed by atoms with Crippen molar-refractivity contribution in [3.8, 4) is 5.75 Å². The standard InChI is InChI=1S/C19H24N2O7S/c1-5-29(25,26)13-6-7-15(22)14(10-13)21-18(23)17-11(2)16(12(3)20-17)19(24)28-9-8-27-4/h6-7,10,20,22H,5,8-9H2,1-4H3,(H,21,23). The van der Waals surface area contributed by atoms with Crippen LogP contribution in [0.1, 0.15) is 39.0 Å². The topological polar surface area (TPSA) is 135 Å². The predicted octanol–water partition coefficient (Wildman–Crippen LogP) is 2.19. The van der Waals surface area contributed by atoms with E-state index >= 15 is 0 Å². The van der Waals surface area contributed by atoms with Crippen LogP contribution in [0.5, 0.6) is 5.75 Å². The Morgan fingerprint density at radius 2 is 1.90 bits per heavy atom. The monoisotopic (exact) mass is 424 g/mol. The van der Waals surface area contributed by atoms with Crippen molar-refractivity contribution in [2.45, 2.75) is 25.7 Å². The highest BCUT2D eigenvalue weighted by molar-refractivity contribution is 7.91. The molecule has 0 bridgehead atoms. The van der Waals surface area contributed by atoms with Gasteiger partial charge in [0.2, 0.25) is 0 Å². The fourth-order valence-corrected chi connectivity index (χ4v) is 3.64. The van der Waals surface area contributed by atoms with E-state index in [0.717, 1.165) is 0 Å². The SMILES string of the molecule is CCS(=O)(=O)c1ccc(O)c(NC(=O)c2[nH]c(C)c(C(=O)OCCOC)c2C)c1. The van der Waals surface area contributed by atoms with E-state index in [-0.39, 0.29) is 46.6 Å². The van der Waals surface area contributed by atoms with Gasteiger partial charge in [0.1, 0.15) is 18.1 Å². The van der Waals surface area contributed by atoms with E-state index in [2.05, 4.69) is 10.3 Å². The first-order valence-corrected chi connectivity index (χ1v) is 10.5. The number of amides is 1. The smallest absolute Gasteiger partial charge is 0.340 e. The van der Waals surface area contributed by atoms with Crippen molar-refractivity contribution in [1.82, 2.24) is 4.98 Å². The van der Waals surface area contributed by atoms with Crippen LogP contribution in [0.4, 0.5) is 5.69 Å². The molecule has 1 heterocycles. The number of nitrogens with one attached hydrogen (secondary N) is 2. The minimum atomic E-state index is -3.51. The second-order valence-electron chi connectivity index (χ2n) is 6.29. The molecule has 10 heteroatoms. The summed E-state index contributed by atoms with van der Waals surface area (Å²) in [6, 6.07) is 3.66. The molecule has 0 saturated carbocycles. The van der Waals surface area contributed by atoms with Crippen molar-refractivity contribution in [3.63, 3.8) is 0 Å². The zero-order valence-corrected chi connectivity index (χ0v) is 17.5. The largest absolute Gasteiger partial charge is 0.506 e. The lowest BCUT2D eigenvalue weighted by molar-refractivity contribution is 0.0386. The number of hydrogen-bond acceptors (Lipinski definition) is 7. The Balaban J connectivity index is 2.30. The number of hydrogen-bond donors (Lipinski definition) is 3. The van der Waals surface area contributed by atoms with Crippen molar-refractivity contribution >= 4 is 27.4 Å². The lowest BCUT2D eigenvalue weighted by Crippen LogP contribution is -2.15. The van der Waals surface area contributed by atoms with Gasteiger partial charge in [0, 0.05) is 12.8 Å². The van der Waals surface area contributed by atoms with E-state index in [9.17, 15) is 23.1 Å². The number of rotatable bonds is 8. The molecule has 0 fully saturated rings. The quantitative estimate of drug-likeness (QED) is 0.336. The van der Waals surface area contributed by atoms with Gasteiger partial charge in [0.25, 0.3) is 5.91 Å². The summed E-state index contributed by atoms with van der Waals surface area (Å²) in [6.07, 6.45) is 0. The Morgan fingerprint density at radius 1 is 1.21 bits per heavy atom. The van der Waals surface area contributed by atoms with Crippen LogP contribution in [0.15, 0.2) is 23.1 Å². The molecular formula is C19H24N2O7S. The molecule has 0 saturated heterocycles. The van der Waals surface area contributed by atoms with Crippen LogP contribution in [-0.4, -0.2) is 56.5 Å². The zero-order chi connectivity index (χ0) is 21.8. The van der Waals surface area contributed by atoms with Gasteiger partial charge in [-0.3, -0.25) is 4.79 Å². The van der Waals surface area contributed by atoms with E-state index in [4.69, 9.17) is 9.47 Å². The fourth-order valence-electron chi connectivity index (χ4n) is 2.73. The molecule has 3 N–H and O–H groups in total. The molecule has 2 aromatic rings. The maximum absolute atomic E-state index is 12.7. The molecule has 1 amide bonds. The van der Waals surface area contributed by atoms with Gasteiger partial charge in [-0.15, -0.1) is 0 Å². The lowest BCUT2D eigenvalue weighted by atomic mass is 10.1. The number of carbonyl (C=O) groups is 2. The number of aryl methyl sites for hydroxylation is 1. The van der Waals surface area contributed by atoms with Gasteiger partial charge < -0.3 is 24.9 Å². The number of methoxy groups -OCH3 is 1. The van der Waals surface area contributed by atoms with E-state index in [1.807, 2.05) is 0 Å². The number of sulfone groups is 1. The minimum absolute atomic E-state index is 0.0186. The van der Waals surface area contributed by atoms with Gasteiger partial charge in [-0.05, 0) is 37.6 Å².